The molecule has 26 heavy (non-hydrogen) atoms. The number of piperidine rings is 2. The number of hydrogen-bond donors (Lipinski definition) is 2. The highest BCUT2D eigenvalue weighted by molar-refractivity contribution is 6.06. The number of carbonyl (C=O) groups excluding carboxylic acids is 2. The molecule has 1 aromatic carbocycles. The third-order valence-electron chi connectivity index (χ3n) is 6.21. The summed E-state index contributed by atoms with van der Waals surface area (Å²) in [6, 6.07) is 7.73. The van der Waals surface area contributed by atoms with Crippen molar-refractivity contribution in [3.63, 3.8) is 0 Å². The first-order chi connectivity index (χ1) is 12.6. The number of anilines is 2. The lowest BCUT2D eigenvalue weighted by atomic mass is 9.84. The van der Waals surface area contributed by atoms with Gasteiger partial charge in [0.15, 0.2) is 0 Å². The van der Waals surface area contributed by atoms with Crippen LogP contribution in [0.25, 0.3) is 0 Å². The molecule has 140 valence electrons. The number of para-hydroxylation sites is 2. The number of nitrogens with zero attached hydrogens (tertiary/aromatic N) is 2. The summed E-state index contributed by atoms with van der Waals surface area (Å²) in [4.78, 5) is 29.9. The third kappa shape index (κ3) is 3.07. The Hall–Kier alpha value is -2.08. The summed E-state index contributed by atoms with van der Waals surface area (Å²) >= 11 is 0. The fourth-order valence-electron chi connectivity index (χ4n) is 4.44. The predicted octanol–water partition coefficient (Wildman–Crippen LogP) is 2.29. The molecule has 1 aromatic rings. The molecule has 6 heteroatoms. The predicted molar refractivity (Wildman–Crippen MR) is 102 cm³/mol. The zero-order valence-electron chi connectivity index (χ0n) is 15.5. The molecule has 0 radical (unpaired) electrons. The minimum atomic E-state index is -0.598. The van der Waals surface area contributed by atoms with Gasteiger partial charge in [0.2, 0.25) is 11.8 Å². The lowest BCUT2D eigenvalue weighted by Gasteiger charge is -2.45. The number of benzene rings is 1. The number of hydrogen-bond acceptors (Lipinski definition) is 4. The second-order valence-corrected chi connectivity index (χ2v) is 7.80. The monoisotopic (exact) mass is 356 g/mol. The molecule has 1 spiro atoms. The topological polar surface area (TPSA) is 64.7 Å². The molecule has 2 amide bonds. The number of amides is 2. The van der Waals surface area contributed by atoms with Gasteiger partial charge in [-0.1, -0.05) is 18.6 Å². The fraction of sp³-hybridized carbons (Fsp3) is 0.600. The Morgan fingerprint density at radius 2 is 1.69 bits per heavy atom. The normalized spacial score (nSPS) is 23.7. The first-order valence-electron chi connectivity index (χ1n) is 9.81. The van der Waals surface area contributed by atoms with Gasteiger partial charge in [0, 0.05) is 13.1 Å². The number of fused-ring (bicyclic) bond motifs is 1. The van der Waals surface area contributed by atoms with Crippen molar-refractivity contribution in [2.45, 2.75) is 50.6 Å². The van der Waals surface area contributed by atoms with Gasteiger partial charge < -0.3 is 15.5 Å². The van der Waals surface area contributed by atoms with Crippen molar-refractivity contribution in [3.8, 4) is 0 Å². The second kappa shape index (κ2) is 6.91. The summed E-state index contributed by atoms with van der Waals surface area (Å²) in [7, 11) is 0. The first kappa shape index (κ1) is 17.3. The van der Waals surface area contributed by atoms with Crippen LogP contribution in [0.3, 0.4) is 0 Å². The molecule has 6 nitrogen and oxygen atoms in total. The molecule has 1 atom stereocenters. The van der Waals surface area contributed by atoms with Gasteiger partial charge in [-0.3, -0.25) is 14.5 Å². The number of rotatable bonds is 2. The molecule has 2 N–H and O–H groups in total. The highest BCUT2D eigenvalue weighted by Gasteiger charge is 2.45. The van der Waals surface area contributed by atoms with E-state index in [2.05, 4.69) is 15.5 Å². The first-order valence-corrected chi connectivity index (χ1v) is 9.81. The third-order valence-corrected chi connectivity index (χ3v) is 6.21. The summed E-state index contributed by atoms with van der Waals surface area (Å²) in [6.07, 6.45) is 4.93. The summed E-state index contributed by atoms with van der Waals surface area (Å²) in [6.45, 7) is 5.32. The lowest BCUT2D eigenvalue weighted by Crippen LogP contribution is -2.60. The lowest BCUT2D eigenvalue weighted by molar-refractivity contribution is -0.139. The Morgan fingerprint density at radius 3 is 2.38 bits per heavy atom. The SMILES string of the molecule is C[C@H](C(=O)N1CCC2(CC1)Nc1ccccc1NC2=O)N1CCCCC1. The molecule has 3 aliphatic rings. The van der Waals surface area contributed by atoms with E-state index >= 15 is 0 Å². The van der Waals surface area contributed by atoms with Crippen LogP contribution in [0.1, 0.15) is 39.0 Å². The average Bonchev–Trinajstić information content (AvgIpc) is 2.69. The minimum absolute atomic E-state index is 0.0207. The van der Waals surface area contributed by atoms with Crippen LogP contribution in [0.5, 0.6) is 0 Å². The van der Waals surface area contributed by atoms with Gasteiger partial charge in [0.05, 0.1) is 17.4 Å². The van der Waals surface area contributed by atoms with Gasteiger partial charge in [-0.25, -0.2) is 0 Å². The molecule has 0 unspecified atom stereocenters. The largest absolute Gasteiger partial charge is 0.369 e. The second-order valence-electron chi connectivity index (χ2n) is 7.80. The number of likely N-dealkylation sites (tertiary alicyclic amines) is 2. The number of carbonyl (C=O) groups is 2. The Kier molecular flexibility index (Phi) is 4.61. The average molecular weight is 356 g/mol. The van der Waals surface area contributed by atoms with Crippen molar-refractivity contribution >= 4 is 23.2 Å². The van der Waals surface area contributed by atoms with Gasteiger partial charge in [0.1, 0.15) is 5.54 Å². The molecule has 0 saturated carbocycles. The van der Waals surface area contributed by atoms with Gasteiger partial charge in [-0.05, 0) is 57.8 Å². The molecule has 0 bridgehead atoms. The fourth-order valence-corrected chi connectivity index (χ4v) is 4.44. The van der Waals surface area contributed by atoms with Crippen molar-refractivity contribution in [3.05, 3.63) is 24.3 Å². The van der Waals surface area contributed by atoms with E-state index in [1.807, 2.05) is 36.1 Å². The standard InChI is InChI=1S/C20H28N4O2/c1-15(23-11-5-2-6-12-23)18(25)24-13-9-20(10-14-24)19(26)21-16-7-3-4-8-17(16)22-20/h3-4,7-8,15,22H,2,5-6,9-14H2,1H3,(H,21,26)/t15-/m1/s1. The summed E-state index contributed by atoms with van der Waals surface area (Å²) in [5.74, 6) is 0.228. The highest BCUT2D eigenvalue weighted by Crippen LogP contribution is 2.36. The van der Waals surface area contributed by atoms with Gasteiger partial charge in [-0.15, -0.1) is 0 Å². The molecule has 2 fully saturated rings. The zero-order valence-corrected chi connectivity index (χ0v) is 15.5. The van der Waals surface area contributed by atoms with Crippen molar-refractivity contribution < 1.29 is 9.59 Å². The molecule has 0 aromatic heterocycles. The molecule has 3 heterocycles. The number of nitrogens with one attached hydrogen (secondary N) is 2. The van der Waals surface area contributed by atoms with Crippen LogP contribution in [-0.4, -0.2) is 59.4 Å². The molecule has 3 aliphatic heterocycles. The Bertz CT molecular complexity index is 691. The zero-order chi connectivity index (χ0) is 18.1. The Balaban J connectivity index is 1.41. The van der Waals surface area contributed by atoms with E-state index in [-0.39, 0.29) is 17.9 Å². The van der Waals surface area contributed by atoms with Gasteiger partial charge in [0.25, 0.3) is 0 Å². The van der Waals surface area contributed by atoms with Crippen molar-refractivity contribution in [1.29, 1.82) is 0 Å². The van der Waals surface area contributed by atoms with E-state index in [1.54, 1.807) is 0 Å². The van der Waals surface area contributed by atoms with E-state index in [0.717, 1.165) is 24.5 Å². The van der Waals surface area contributed by atoms with Gasteiger partial charge in [-0.2, -0.15) is 0 Å². The van der Waals surface area contributed by atoms with E-state index < -0.39 is 5.54 Å². The maximum absolute atomic E-state index is 12.9. The summed E-state index contributed by atoms with van der Waals surface area (Å²) in [5, 5.41) is 6.48. The summed E-state index contributed by atoms with van der Waals surface area (Å²) in [5.41, 5.74) is 1.20. The highest BCUT2D eigenvalue weighted by atomic mass is 16.2. The Labute approximate surface area is 154 Å². The molecule has 2 saturated heterocycles. The molecule has 4 rings (SSSR count). The molecular weight excluding hydrogens is 328 g/mol. The molecule has 0 aliphatic carbocycles. The summed E-state index contributed by atoms with van der Waals surface area (Å²) < 4.78 is 0. The van der Waals surface area contributed by atoms with Crippen LogP contribution in [0.4, 0.5) is 11.4 Å². The maximum atomic E-state index is 12.9. The van der Waals surface area contributed by atoms with Crippen LogP contribution in [-0.2, 0) is 9.59 Å². The van der Waals surface area contributed by atoms with Crippen LogP contribution < -0.4 is 10.6 Å². The van der Waals surface area contributed by atoms with Crippen LogP contribution in [0.15, 0.2) is 24.3 Å². The quantitative estimate of drug-likeness (QED) is 0.853. The minimum Gasteiger partial charge on any atom is -0.369 e. The van der Waals surface area contributed by atoms with Crippen LogP contribution in [0.2, 0.25) is 0 Å². The smallest absolute Gasteiger partial charge is 0.250 e. The van der Waals surface area contributed by atoms with E-state index in [9.17, 15) is 9.59 Å². The van der Waals surface area contributed by atoms with Crippen molar-refractivity contribution in [2.24, 2.45) is 0 Å². The molecular formula is C20H28N4O2. The van der Waals surface area contributed by atoms with Crippen LogP contribution >= 0.6 is 0 Å². The maximum Gasteiger partial charge on any atom is 0.250 e. The van der Waals surface area contributed by atoms with E-state index in [4.69, 9.17) is 0 Å². The van der Waals surface area contributed by atoms with Crippen LogP contribution in [0, 0.1) is 0 Å². The van der Waals surface area contributed by atoms with Gasteiger partial charge >= 0.3 is 0 Å². The van der Waals surface area contributed by atoms with E-state index in [0.29, 0.717) is 25.9 Å². The van der Waals surface area contributed by atoms with Crippen molar-refractivity contribution in [1.82, 2.24) is 9.80 Å². The van der Waals surface area contributed by atoms with Crippen molar-refractivity contribution in [2.75, 3.05) is 36.8 Å². The Morgan fingerprint density at radius 1 is 1.04 bits per heavy atom. The van der Waals surface area contributed by atoms with E-state index in [1.165, 1.54) is 19.3 Å².